The van der Waals surface area contributed by atoms with E-state index in [1.807, 2.05) is 24.3 Å². The molecule has 0 spiro atoms. The molecule has 4 heterocycles. The van der Waals surface area contributed by atoms with E-state index in [-0.39, 0.29) is 11.5 Å². The monoisotopic (exact) mass is 687 g/mol. The fourth-order valence-corrected chi connectivity index (χ4v) is 10.4. The number of sulfonamides is 1. The number of amides is 1. The number of piperidine rings is 2. The highest BCUT2D eigenvalue weighted by Crippen LogP contribution is 2.45. The summed E-state index contributed by atoms with van der Waals surface area (Å²) in [6.45, 7) is 3.71. The van der Waals surface area contributed by atoms with E-state index < -0.39 is 38.0 Å². The minimum atomic E-state index is -4.21. The molecule has 1 saturated carbocycles. The molecule has 0 radical (unpaired) electrons. The van der Waals surface area contributed by atoms with Crippen molar-refractivity contribution in [3.05, 3.63) is 95.3 Å². The van der Waals surface area contributed by atoms with Gasteiger partial charge in [-0.3, -0.25) is 9.69 Å². The van der Waals surface area contributed by atoms with Crippen molar-refractivity contribution < 1.29 is 22.0 Å². The molecule has 1 amide bonds. The SMILES string of the molecule is Cc1nc2ccccc2n1[C@H]1C[C@H]2CC[C@@H](C1)N2CCC1(c2ccccc2)CCN(C(=O)c2c(F)ccc(S(=O)(=O)NC3CC3)c2F)CC1. The summed E-state index contributed by atoms with van der Waals surface area (Å²) in [6.07, 6.45) is 8.15. The molecule has 4 aromatic rings. The summed E-state index contributed by atoms with van der Waals surface area (Å²) in [7, 11) is -4.21. The molecule has 3 aromatic carbocycles. The number of carbonyl (C=O) groups excluding carboxylic acids is 1. The number of nitrogens with one attached hydrogen (secondary N) is 1. The summed E-state index contributed by atoms with van der Waals surface area (Å²) in [5, 5.41) is 0. The third-order valence-electron chi connectivity index (χ3n) is 11.7. The number of halogens is 2. The first kappa shape index (κ1) is 32.5. The lowest BCUT2D eigenvalue weighted by molar-refractivity contribution is 0.0598. The highest BCUT2D eigenvalue weighted by atomic mass is 32.2. The molecule has 49 heavy (non-hydrogen) atoms. The average molecular weight is 688 g/mol. The molecule has 8 nitrogen and oxygen atoms in total. The first-order valence-electron chi connectivity index (χ1n) is 17.7. The number of hydrogen-bond donors (Lipinski definition) is 1. The Morgan fingerprint density at radius 2 is 1.57 bits per heavy atom. The minimum Gasteiger partial charge on any atom is -0.338 e. The Kier molecular flexibility index (Phi) is 8.35. The Morgan fingerprint density at radius 1 is 0.898 bits per heavy atom. The molecule has 11 heteroatoms. The number of fused-ring (bicyclic) bond motifs is 3. The topological polar surface area (TPSA) is 87.5 Å². The van der Waals surface area contributed by atoms with Gasteiger partial charge < -0.3 is 9.47 Å². The second kappa shape index (κ2) is 12.6. The van der Waals surface area contributed by atoms with Crippen LogP contribution in [0.1, 0.15) is 85.6 Å². The molecule has 4 aliphatic rings. The number of likely N-dealkylation sites (tertiary alicyclic amines) is 1. The molecule has 3 saturated heterocycles. The Bertz CT molecular complexity index is 1970. The van der Waals surface area contributed by atoms with Gasteiger partial charge in [-0.15, -0.1) is 0 Å². The molecule has 3 atom stereocenters. The number of para-hydroxylation sites is 2. The largest absolute Gasteiger partial charge is 0.338 e. The summed E-state index contributed by atoms with van der Waals surface area (Å²) in [6, 6.07) is 21.8. The molecule has 3 aliphatic heterocycles. The number of carbonyl (C=O) groups is 1. The molecule has 8 rings (SSSR count). The van der Waals surface area contributed by atoms with Gasteiger partial charge in [0.15, 0.2) is 5.82 Å². The minimum absolute atomic E-state index is 0.193. The van der Waals surface area contributed by atoms with Crippen LogP contribution in [0.2, 0.25) is 0 Å². The fourth-order valence-electron chi connectivity index (χ4n) is 8.98. The third-order valence-corrected chi connectivity index (χ3v) is 13.2. The van der Waals surface area contributed by atoms with Crippen LogP contribution in [0.25, 0.3) is 11.0 Å². The van der Waals surface area contributed by atoms with Crippen LogP contribution in [0.15, 0.2) is 71.6 Å². The third kappa shape index (κ3) is 5.97. The average Bonchev–Trinajstić information content (AvgIpc) is 3.78. The lowest BCUT2D eigenvalue weighted by atomic mass is 9.70. The van der Waals surface area contributed by atoms with Crippen LogP contribution in [0, 0.1) is 18.6 Å². The molecule has 1 aromatic heterocycles. The van der Waals surface area contributed by atoms with Crippen LogP contribution in [0.4, 0.5) is 8.78 Å². The zero-order chi connectivity index (χ0) is 33.9. The maximum absolute atomic E-state index is 15.6. The Morgan fingerprint density at radius 3 is 2.27 bits per heavy atom. The van der Waals surface area contributed by atoms with Gasteiger partial charge in [-0.05, 0) is 106 Å². The van der Waals surface area contributed by atoms with E-state index in [9.17, 15) is 13.2 Å². The van der Waals surface area contributed by atoms with Gasteiger partial charge in [0.25, 0.3) is 5.91 Å². The Balaban J connectivity index is 0.984. The summed E-state index contributed by atoms with van der Waals surface area (Å²) in [4.78, 5) is 22.0. The van der Waals surface area contributed by atoms with Crippen molar-refractivity contribution in [2.24, 2.45) is 0 Å². The lowest BCUT2D eigenvalue weighted by Crippen LogP contribution is -2.49. The maximum atomic E-state index is 15.6. The van der Waals surface area contributed by atoms with E-state index in [1.54, 1.807) is 0 Å². The number of aryl methyl sites for hydroxylation is 1. The number of hydrogen-bond acceptors (Lipinski definition) is 5. The fraction of sp³-hybridized carbons (Fsp3) is 0.474. The summed E-state index contributed by atoms with van der Waals surface area (Å²) in [5.41, 5.74) is 2.50. The van der Waals surface area contributed by atoms with Gasteiger partial charge >= 0.3 is 0 Å². The number of benzene rings is 3. The molecule has 258 valence electrons. The Labute approximate surface area is 286 Å². The van der Waals surface area contributed by atoms with Crippen LogP contribution in [0.3, 0.4) is 0 Å². The first-order valence-corrected chi connectivity index (χ1v) is 19.2. The molecular weight excluding hydrogens is 645 g/mol. The van der Waals surface area contributed by atoms with Gasteiger partial charge in [0.05, 0.1) is 11.0 Å². The number of rotatable bonds is 9. The van der Waals surface area contributed by atoms with Crippen molar-refractivity contribution in [3.63, 3.8) is 0 Å². The van der Waals surface area contributed by atoms with Crippen LogP contribution < -0.4 is 4.72 Å². The van der Waals surface area contributed by atoms with Gasteiger partial charge in [-0.25, -0.2) is 26.9 Å². The highest BCUT2D eigenvalue weighted by molar-refractivity contribution is 7.89. The van der Waals surface area contributed by atoms with Gasteiger partial charge in [0.1, 0.15) is 22.1 Å². The van der Waals surface area contributed by atoms with Gasteiger partial charge in [-0.2, -0.15) is 0 Å². The second-order valence-electron chi connectivity index (χ2n) is 14.6. The van der Waals surface area contributed by atoms with E-state index in [0.29, 0.717) is 56.9 Å². The summed E-state index contributed by atoms with van der Waals surface area (Å²) < 4.78 is 61.1. The van der Waals surface area contributed by atoms with Gasteiger partial charge in [-0.1, -0.05) is 42.5 Å². The van der Waals surface area contributed by atoms with E-state index >= 15 is 8.78 Å². The summed E-state index contributed by atoms with van der Waals surface area (Å²) >= 11 is 0. The van der Waals surface area contributed by atoms with Crippen LogP contribution in [-0.4, -0.2) is 71.4 Å². The van der Waals surface area contributed by atoms with E-state index in [2.05, 4.69) is 51.4 Å². The molecule has 1 N–H and O–H groups in total. The first-order chi connectivity index (χ1) is 23.6. The standard InChI is InChI=1S/C38H43F2N5O3S/c1-25-41-32-9-5-6-10-33(32)45(25)30-23-28-13-14-29(24-30)44(28)22-19-38(26-7-3-2-4-8-26)17-20-43(21-18-38)37(46)35-31(39)15-16-34(36(35)40)49(47,48)42-27-11-12-27/h2-10,15-16,27-30,42H,11-14,17-24H2,1H3/t28-,29+,30+. The molecule has 4 fully saturated rings. The normalized spacial score (nSPS) is 24.1. The van der Waals surface area contributed by atoms with Crippen LogP contribution in [0.5, 0.6) is 0 Å². The van der Waals surface area contributed by atoms with Crippen LogP contribution >= 0.6 is 0 Å². The van der Waals surface area contributed by atoms with E-state index in [1.165, 1.54) is 28.8 Å². The van der Waals surface area contributed by atoms with Crippen molar-refractivity contribution in [2.45, 2.75) is 99.2 Å². The van der Waals surface area contributed by atoms with Crippen molar-refractivity contribution in [1.29, 1.82) is 0 Å². The maximum Gasteiger partial charge on any atom is 0.259 e. The quantitative estimate of drug-likeness (QED) is 0.217. The molecular formula is C38H43F2N5O3S. The number of nitrogens with zero attached hydrogens (tertiary/aromatic N) is 4. The van der Waals surface area contributed by atoms with Crippen molar-refractivity contribution in [2.75, 3.05) is 19.6 Å². The highest BCUT2D eigenvalue weighted by Gasteiger charge is 2.45. The molecule has 2 bridgehead atoms. The zero-order valence-electron chi connectivity index (χ0n) is 27.8. The van der Waals surface area contributed by atoms with Gasteiger partial charge in [0, 0.05) is 37.3 Å². The van der Waals surface area contributed by atoms with Crippen molar-refractivity contribution in [1.82, 2.24) is 24.1 Å². The van der Waals surface area contributed by atoms with E-state index in [0.717, 1.165) is 49.3 Å². The molecule has 1 aliphatic carbocycles. The molecule has 0 unspecified atom stereocenters. The predicted molar refractivity (Wildman–Crippen MR) is 184 cm³/mol. The zero-order valence-corrected chi connectivity index (χ0v) is 28.6. The van der Waals surface area contributed by atoms with E-state index in [4.69, 9.17) is 4.98 Å². The smallest absolute Gasteiger partial charge is 0.259 e. The van der Waals surface area contributed by atoms with Gasteiger partial charge in [0.2, 0.25) is 10.0 Å². The predicted octanol–water partition coefficient (Wildman–Crippen LogP) is 6.50. The van der Waals surface area contributed by atoms with Crippen LogP contribution in [-0.2, 0) is 15.4 Å². The lowest BCUT2D eigenvalue weighted by Gasteiger charge is -2.45. The number of aromatic nitrogens is 2. The Hall–Kier alpha value is -3.67. The van der Waals surface area contributed by atoms with Crippen molar-refractivity contribution in [3.8, 4) is 0 Å². The van der Waals surface area contributed by atoms with Crippen molar-refractivity contribution >= 4 is 27.0 Å². The number of imidazole rings is 1. The summed E-state index contributed by atoms with van der Waals surface area (Å²) in [5.74, 6) is -2.10. The second-order valence-corrected chi connectivity index (χ2v) is 16.3.